The molecule has 4 heterocycles. The number of rotatable bonds is 25. The molecule has 0 fully saturated rings. The quantitative estimate of drug-likeness (QED) is 0.0238. The van der Waals surface area contributed by atoms with Crippen LogP contribution in [0.1, 0.15) is 55.9 Å². The highest BCUT2D eigenvalue weighted by Gasteiger charge is 2.26. The molecule has 4 aromatic heterocycles. The number of aromatic nitrogens is 4. The van der Waals surface area contributed by atoms with Crippen LogP contribution in [0.15, 0.2) is 388 Å². The molecule has 145 heavy (non-hydrogen) atoms. The van der Waals surface area contributed by atoms with E-state index >= 15 is 0 Å². The number of fused-ring (bicyclic) bond motifs is 4. The van der Waals surface area contributed by atoms with Crippen molar-refractivity contribution >= 4 is 61.3 Å². The summed E-state index contributed by atoms with van der Waals surface area (Å²) in [7, 11) is 9.32. The fourth-order valence-corrected chi connectivity index (χ4v) is 18.2. The Morgan fingerprint density at radius 2 is 0.531 bits per heavy atom. The van der Waals surface area contributed by atoms with Crippen LogP contribution in [0.2, 0.25) is 0 Å². The maximum absolute atomic E-state index is 12.7. The molecular weight excluding hydrogens is 1800 g/mol. The molecule has 19 heteroatoms. The molecule has 0 spiro atoms. The molecule has 2 amide bonds. The van der Waals surface area contributed by atoms with Crippen LogP contribution in [0.4, 0.5) is 16.4 Å². The molecule has 19 nitrogen and oxygen atoms in total. The van der Waals surface area contributed by atoms with Gasteiger partial charge in [-0.25, -0.2) is 19.7 Å². The Balaban J connectivity index is 0.000000133. The Morgan fingerprint density at radius 1 is 0.283 bits per heavy atom. The number of carbonyl (C=O) groups excluding carboxylic acids is 1. The number of anilines is 2. The molecule has 0 radical (unpaired) electrons. The van der Waals surface area contributed by atoms with E-state index in [1.165, 1.54) is 4.90 Å². The topological polar surface area (TPSA) is 300 Å². The summed E-state index contributed by atoms with van der Waals surface area (Å²) in [5.74, 6) is 1.21. The molecule has 20 aromatic rings. The normalized spacial score (nSPS) is 11.0. The molecule has 0 aliphatic rings. The molecule has 0 saturated carbocycles. The molecule has 16 aromatic carbocycles. The van der Waals surface area contributed by atoms with E-state index in [2.05, 4.69) is 247 Å². The summed E-state index contributed by atoms with van der Waals surface area (Å²) >= 11 is 0. The van der Waals surface area contributed by atoms with Gasteiger partial charge in [-0.3, -0.25) is 5.32 Å². The van der Waals surface area contributed by atoms with Crippen LogP contribution in [0.5, 0.6) is 0 Å². The lowest BCUT2D eigenvalue weighted by Gasteiger charge is -2.18. The summed E-state index contributed by atoms with van der Waals surface area (Å²) in [5, 5.41) is 108. The van der Waals surface area contributed by atoms with Gasteiger partial charge in [-0.05, 0) is 309 Å². The van der Waals surface area contributed by atoms with Crippen molar-refractivity contribution in [3.8, 4) is 146 Å². The maximum atomic E-state index is 12.7. The fraction of sp³-hybridized carbons (Fsp3) is 0.119. The van der Waals surface area contributed by atoms with Crippen LogP contribution < -0.4 is 15.2 Å². The van der Waals surface area contributed by atoms with Crippen molar-refractivity contribution < 1.29 is 50.2 Å². The first-order valence-corrected chi connectivity index (χ1v) is 47.8. The summed E-state index contributed by atoms with van der Waals surface area (Å²) in [6.07, 6.45) is 0. The van der Waals surface area contributed by atoms with Gasteiger partial charge in [0.05, 0.1) is 75.0 Å². The molecule has 0 saturated heterocycles. The molecule has 0 atom stereocenters. The average molecular weight is 1910 g/mol. The van der Waals surface area contributed by atoms with Gasteiger partial charge >= 0.3 is 6.03 Å². The number of benzene rings is 16. The first-order valence-electron chi connectivity index (χ1n) is 47.8. The number of urea groups is 1. The van der Waals surface area contributed by atoms with Crippen molar-refractivity contribution in [3.05, 3.63) is 444 Å². The van der Waals surface area contributed by atoms with Crippen molar-refractivity contribution in [1.29, 1.82) is 10.5 Å². The molecule has 0 aliphatic carbocycles. The van der Waals surface area contributed by atoms with Crippen LogP contribution in [0, 0.1) is 22.7 Å². The minimum atomic E-state index is -0.296. The van der Waals surface area contributed by atoms with Gasteiger partial charge in [0.2, 0.25) is 5.52 Å². The number of nitriles is 2. The zero-order valence-corrected chi connectivity index (χ0v) is 81.1. The zero-order valence-electron chi connectivity index (χ0n) is 81.1. The molecule has 0 unspecified atom stereocenters. The first-order chi connectivity index (χ1) is 70.8. The zero-order chi connectivity index (χ0) is 101. The van der Waals surface area contributed by atoms with Gasteiger partial charge in [0.15, 0.2) is 6.07 Å². The fourth-order valence-electron chi connectivity index (χ4n) is 18.2. The highest BCUT2D eigenvalue weighted by molar-refractivity contribution is 6.00. The van der Waals surface area contributed by atoms with E-state index in [-0.39, 0.29) is 58.9 Å². The Bertz CT molecular complexity index is 7910. The predicted octanol–water partition coefficient (Wildman–Crippen LogP) is 24.1. The van der Waals surface area contributed by atoms with Crippen molar-refractivity contribution in [1.82, 2.24) is 24.8 Å². The summed E-state index contributed by atoms with van der Waals surface area (Å²) in [5.41, 5.74) is 33.4. The number of carbonyl (C=O) groups is 1. The smallest absolute Gasteiger partial charge is 0.322 e. The number of nitrogens with one attached hydrogen (secondary N) is 2. The minimum Gasteiger partial charge on any atom is -0.392 e. The molecule has 0 bridgehead atoms. The third kappa shape index (κ3) is 23.1. The minimum absolute atomic E-state index is 0.133. The lowest BCUT2D eigenvalue weighted by atomic mass is 9.92. The first kappa shape index (κ1) is 99.4. The largest absolute Gasteiger partial charge is 0.392 e. The maximum Gasteiger partial charge on any atom is 0.322 e. The number of likely N-dealkylation sites (N-methyl/N-ethyl adjacent to an activating group) is 1. The number of aliphatic hydroxyl groups excluding tert-OH is 8. The summed E-state index contributed by atoms with van der Waals surface area (Å²) in [6.45, 7) is 0.217. The van der Waals surface area contributed by atoms with E-state index in [1.807, 2.05) is 188 Å². The number of amides is 2. The van der Waals surface area contributed by atoms with E-state index in [9.17, 15) is 56.2 Å². The van der Waals surface area contributed by atoms with Crippen molar-refractivity contribution in [2.75, 3.05) is 51.9 Å². The van der Waals surface area contributed by atoms with Gasteiger partial charge in [-0.2, -0.15) is 15.1 Å². The third-order valence-electron chi connectivity index (χ3n) is 25.9. The molecule has 0 aliphatic heterocycles. The summed E-state index contributed by atoms with van der Waals surface area (Å²) in [4.78, 5) is 30.8. The standard InChI is InChI=1S/C33H33N3O2.C32H29N3O3.C31H25N2O2.C30H22N2O2/c1-36(2)14-13-34-33-31(19-28-18-29(21-37)30(22-38)20-32(28)35-33)27-16-25(23-9-5-3-6-10-23)15-26(17-27)24-11-7-4-8-12-24;1-35(2)32(38)34-31-29(17-26-16-27(19-36)28(20-37)18-30(26)33-31)25-14-23(21-9-5-3-6-10-21)13-24(15-25)22-11-7-4-8-12-22;1-33-30-17-28(20-35)27(19-34)15-26(30)16-29(31(33)18-32)25-13-23(21-8-4-2-5-9-21)12-24(14-25)22-10-6-3-7-11-22;31-17-30-28(15-25-14-26(18-33)27(19-34)16-29(25)32-30)24-12-22(20-7-3-1-4-8-20)11-23(13-24)21-9-5-2-6-10-21/h3-12,15-20,37-38H,13-14,21-22H2,1-2H3,(H,34,35);3-18,36-37H,19-20H2,1-2H3,(H,33,34,38);2-17,34-35H,19-20H2,1H3;1-16,33-34H,18-19H2/q;;+1;. The van der Waals surface area contributed by atoms with E-state index in [0.29, 0.717) is 72.7 Å². The van der Waals surface area contributed by atoms with E-state index in [1.54, 1.807) is 26.2 Å². The lowest BCUT2D eigenvalue weighted by Crippen LogP contribution is -2.34. The number of pyridine rings is 4. The van der Waals surface area contributed by atoms with Gasteiger partial charge in [0.25, 0.3) is 5.69 Å². The summed E-state index contributed by atoms with van der Waals surface area (Å²) in [6, 6.07) is 135. The highest BCUT2D eigenvalue weighted by Crippen LogP contribution is 2.44. The van der Waals surface area contributed by atoms with Crippen LogP contribution in [-0.2, 0) is 59.9 Å². The van der Waals surface area contributed by atoms with E-state index < -0.39 is 0 Å². The Morgan fingerprint density at radius 3 is 0.821 bits per heavy atom. The SMILES string of the molecule is CN(C)C(=O)Nc1nc2cc(CO)c(CO)cc2cc1-c1cc(-c2ccccc2)cc(-c2ccccc2)c1.CN(C)CCNc1nc2cc(CO)c(CO)cc2cc1-c1cc(-c2ccccc2)cc(-c2ccccc2)c1.C[n+]1c(C#N)c(-c2cc(-c3ccccc3)cc(-c3ccccc3)c2)cc2cc(CO)c(CO)cc21.N#Cc1nc2cc(CO)c(CO)cc2cc1-c1cc(-c2ccccc2)cc(-c2ccccc2)c1. The second kappa shape index (κ2) is 46.5. The average Bonchev–Trinajstić information content (AvgIpc) is 0.762. The van der Waals surface area contributed by atoms with Crippen LogP contribution >= 0.6 is 0 Å². The monoisotopic (exact) mass is 1910 g/mol. The predicted molar refractivity (Wildman–Crippen MR) is 582 cm³/mol. The molecular formula is C126H109N10O9+. The third-order valence-corrected chi connectivity index (χ3v) is 25.9. The number of aryl methyl sites for hydroxylation is 1. The molecule has 20 rings (SSSR count). The molecule has 10 N–H and O–H groups in total. The van der Waals surface area contributed by atoms with Gasteiger partial charge in [0.1, 0.15) is 30.4 Å². The Hall–Kier alpha value is -17.2. The van der Waals surface area contributed by atoms with Gasteiger partial charge in [-0.15, -0.1) is 0 Å². The van der Waals surface area contributed by atoms with Crippen molar-refractivity contribution in [2.24, 2.45) is 7.05 Å². The summed E-state index contributed by atoms with van der Waals surface area (Å²) < 4.78 is 1.86. The van der Waals surface area contributed by atoms with Crippen molar-refractivity contribution in [3.63, 3.8) is 0 Å². The molecule has 716 valence electrons. The Kier molecular flexibility index (Phi) is 31.9. The van der Waals surface area contributed by atoms with Crippen LogP contribution in [-0.4, -0.2) is 113 Å². The van der Waals surface area contributed by atoms with Crippen LogP contribution in [0.25, 0.3) is 177 Å². The van der Waals surface area contributed by atoms with Gasteiger partial charge in [0, 0.05) is 71.5 Å². The van der Waals surface area contributed by atoms with Crippen LogP contribution in [0.3, 0.4) is 0 Å². The second-order valence-corrected chi connectivity index (χ2v) is 35.9. The Labute approximate surface area is 843 Å². The van der Waals surface area contributed by atoms with E-state index in [4.69, 9.17) is 9.97 Å². The lowest BCUT2D eigenvalue weighted by molar-refractivity contribution is -0.647. The number of hydrogen-bond donors (Lipinski definition) is 10. The number of nitrogens with zero attached hydrogens (tertiary/aromatic N) is 8. The second-order valence-electron chi connectivity index (χ2n) is 35.9. The number of aliphatic hydroxyl groups is 8. The van der Waals surface area contributed by atoms with Gasteiger partial charge < -0.3 is 56.0 Å². The highest BCUT2D eigenvalue weighted by atomic mass is 16.3. The van der Waals surface area contributed by atoms with Gasteiger partial charge in [-0.1, -0.05) is 243 Å². The van der Waals surface area contributed by atoms with E-state index in [0.717, 1.165) is 185 Å². The number of hydrogen-bond acceptors (Lipinski definition) is 16. The van der Waals surface area contributed by atoms with Crippen molar-refractivity contribution in [2.45, 2.75) is 52.9 Å².